The maximum Gasteiger partial charge on any atom is 0.228 e. The van der Waals surface area contributed by atoms with E-state index >= 15 is 0 Å². The van der Waals surface area contributed by atoms with E-state index in [1.54, 1.807) is 0 Å². The Morgan fingerprint density at radius 3 is 2.04 bits per heavy atom. The number of hydrogen-bond acceptors (Lipinski definition) is 3. The molecular formula is C19H32N2O2. The molecule has 5 aliphatic rings. The highest BCUT2D eigenvalue weighted by molar-refractivity contribution is 5.83. The lowest BCUT2D eigenvalue weighted by atomic mass is 9.49. The van der Waals surface area contributed by atoms with Crippen molar-refractivity contribution < 1.29 is 9.90 Å². The molecule has 130 valence electrons. The topological polar surface area (TPSA) is 43.8 Å². The molecule has 4 heteroatoms. The SMILES string of the molecule is CCC(O)CN1CCN(C(=O)C23CC4CC(CC(C4)C2)C3)CC1. The maximum absolute atomic E-state index is 13.3. The number of rotatable bonds is 4. The predicted octanol–water partition coefficient (Wildman–Crippen LogP) is 2.12. The van der Waals surface area contributed by atoms with Crippen molar-refractivity contribution in [2.24, 2.45) is 23.2 Å². The molecule has 0 aromatic carbocycles. The summed E-state index contributed by atoms with van der Waals surface area (Å²) in [7, 11) is 0. The van der Waals surface area contributed by atoms with Crippen LogP contribution in [0.3, 0.4) is 0 Å². The monoisotopic (exact) mass is 320 g/mol. The van der Waals surface area contributed by atoms with Crippen molar-refractivity contribution >= 4 is 5.91 Å². The van der Waals surface area contributed by atoms with Crippen LogP contribution in [0.15, 0.2) is 0 Å². The van der Waals surface area contributed by atoms with Crippen LogP contribution in [0.25, 0.3) is 0 Å². The fourth-order valence-electron chi connectivity index (χ4n) is 6.27. The first-order valence-corrected chi connectivity index (χ1v) is 9.78. The molecule has 0 aromatic rings. The van der Waals surface area contributed by atoms with Crippen molar-refractivity contribution in [1.29, 1.82) is 0 Å². The molecule has 4 saturated carbocycles. The molecule has 1 unspecified atom stereocenters. The zero-order chi connectivity index (χ0) is 16.0. The van der Waals surface area contributed by atoms with E-state index in [0.717, 1.165) is 56.9 Å². The molecule has 1 heterocycles. The van der Waals surface area contributed by atoms with E-state index in [0.29, 0.717) is 5.91 Å². The summed E-state index contributed by atoms with van der Waals surface area (Å²) in [6.45, 7) is 6.35. The van der Waals surface area contributed by atoms with E-state index in [4.69, 9.17) is 0 Å². The minimum atomic E-state index is -0.222. The van der Waals surface area contributed by atoms with Crippen molar-refractivity contribution in [2.75, 3.05) is 32.7 Å². The average Bonchev–Trinajstić information content (AvgIpc) is 2.53. The molecule has 5 rings (SSSR count). The van der Waals surface area contributed by atoms with Gasteiger partial charge in [-0.25, -0.2) is 0 Å². The Morgan fingerprint density at radius 1 is 1.04 bits per heavy atom. The maximum atomic E-state index is 13.3. The van der Waals surface area contributed by atoms with Gasteiger partial charge in [-0.3, -0.25) is 9.69 Å². The van der Waals surface area contributed by atoms with Crippen LogP contribution in [0.2, 0.25) is 0 Å². The third-order valence-corrected chi connectivity index (χ3v) is 7.09. The van der Waals surface area contributed by atoms with Gasteiger partial charge in [-0.2, -0.15) is 0 Å². The molecule has 1 amide bonds. The van der Waals surface area contributed by atoms with Crippen molar-refractivity contribution in [1.82, 2.24) is 9.80 Å². The largest absolute Gasteiger partial charge is 0.392 e. The normalized spacial score (nSPS) is 41.3. The predicted molar refractivity (Wildman–Crippen MR) is 89.9 cm³/mol. The molecule has 4 bridgehead atoms. The molecule has 4 nitrogen and oxygen atoms in total. The Labute approximate surface area is 140 Å². The fraction of sp³-hybridized carbons (Fsp3) is 0.947. The fourth-order valence-corrected chi connectivity index (χ4v) is 6.27. The molecule has 0 radical (unpaired) electrons. The van der Waals surface area contributed by atoms with Gasteiger partial charge in [-0.05, 0) is 62.7 Å². The molecule has 4 aliphatic carbocycles. The quantitative estimate of drug-likeness (QED) is 0.863. The first-order chi connectivity index (χ1) is 11.1. The highest BCUT2D eigenvalue weighted by Crippen LogP contribution is 2.60. The van der Waals surface area contributed by atoms with Crippen LogP contribution >= 0.6 is 0 Å². The van der Waals surface area contributed by atoms with Crippen LogP contribution in [0, 0.1) is 23.2 Å². The number of hydrogen-bond donors (Lipinski definition) is 1. The molecule has 1 N–H and O–H groups in total. The van der Waals surface area contributed by atoms with Gasteiger partial charge >= 0.3 is 0 Å². The van der Waals surface area contributed by atoms with Gasteiger partial charge in [0.1, 0.15) is 0 Å². The minimum absolute atomic E-state index is 0.0137. The van der Waals surface area contributed by atoms with Crippen LogP contribution in [-0.4, -0.2) is 59.6 Å². The molecule has 23 heavy (non-hydrogen) atoms. The summed E-state index contributed by atoms with van der Waals surface area (Å²) in [5, 5.41) is 9.82. The zero-order valence-electron chi connectivity index (χ0n) is 14.5. The van der Waals surface area contributed by atoms with E-state index in [9.17, 15) is 9.90 Å². The van der Waals surface area contributed by atoms with Crippen molar-refractivity contribution in [3.05, 3.63) is 0 Å². The van der Waals surface area contributed by atoms with Gasteiger partial charge in [0.05, 0.1) is 11.5 Å². The lowest BCUT2D eigenvalue weighted by Gasteiger charge is -2.57. The summed E-state index contributed by atoms with van der Waals surface area (Å²) in [5.74, 6) is 3.00. The average molecular weight is 320 g/mol. The minimum Gasteiger partial charge on any atom is -0.392 e. The molecule has 0 aromatic heterocycles. The van der Waals surface area contributed by atoms with E-state index < -0.39 is 0 Å². The molecule has 1 atom stereocenters. The summed E-state index contributed by atoms with van der Waals surface area (Å²) in [5.41, 5.74) is 0.0137. The van der Waals surface area contributed by atoms with Crippen LogP contribution in [0.4, 0.5) is 0 Å². The lowest BCUT2D eigenvalue weighted by molar-refractivity contribution is -0.159. The van der Waals surface area contributed by atoms with Crippen LogP contribution in [-0.2, 0) is 4.79 Å². The third-order valence-electron chi connectivity index (χ3n) is 7.09. The summed E-state index contributed by atoms with van der Waals surface area (Å²) >= 11 is 0. The highest BCUT2D eigenvalue weighted by Gasteiger charge is 2.55. The van der Waals surface area contributed by atoms with Gasteiger partial charge in [0, 0.05) is 32.7 Å². The third kappa shape index (κ3) is 2.93. The van der Waals surface area contributed by atoms with Crippen molar-refractivity contribution in [2.45, 2.75) is 58.0 Å². The smallest absolute Gasteiger partial charge is 0.228 e. The lowest BCUT2D eigenvalue weighted by Crippen LogP contribution is -2.58. The molecule has 1 saturated heterocycles. The van der Waals surface area contributed by atoms with E-state index in [2.05, 4.69) is 9.80 Å². The number of piperazine rings is 1. The van der Waals surface area contributed by atoms with Crippen LogP contribution in [0.1, 0.15) is 51.9 Å². The van der Waals surface area contributed by atoms with Crippen molar-refractivity contribution in [3.63, 3.8) is 0 Å². The molecule has 5 fully saturated rings. The molecule has 1 aliphatic heterocycles. The Hall–Kier alpha value is -0.610. The van der Waals surface area contributed by atoms with Gasteiger partial charge in [-0.15, -0.1) is 0 Å². The summed E-state index contributed by atoms with van der Waals surface area (Å²) in [6.07, 6.45) is 8.30. The number of carbonyl (C=O) groups is 1. The Kier molecular flexibility index (Phi) is 4.17. The van der Waals surface area contributed by atoms with Gasteiger partial charge in [0.25, 0.3) is 0 Å². The molecule has 0 spiro atoms. The van der Waals surface area contributed by atoms with E-state index in [1.807, 2.05) is 6.92 Å². The summed E-state index contributed by atoms with van der Waals surface area (Å²) in [4.78, 5) is 17.8. The zero-order valence-corrected chi connectivity index (χ0v) is 14.5. The summed E-state index contributed by atoms with van der Waals surface area (Å²) < 4.78 is 0. The second kappa shape index (κ2) is 6.03. The first-order valence-electron chi connectivity index (χ1n) is 9.78. The number of β-amino-alcohol motifs (C(OH)–C–C–N with tert-alkyl or cyclic N) is 1. The van der Waals surface area contributed by atoms with Gasteiger partial charge in [0.2, 0.25) is 5.91 Å². The van der Waals surface area contributed by atoms with E-state index in [1.165, 1.54) is 38.5 Å². The Bertz CT molecular complexity index is 421. The summed E-state index contributed by atoms with van der Waals surface area (Å²) in [6, 6.07) is 0. The van der Waals surface area contributed by atoms with Gasteiger partial charge in [-0.1, -0.05) is 6.92 Å². The van der Waals surface area contributed by atoms with Crippen molar-refractivity contribution in [3.8, 4) is 0 Å². The number of nitrogens with zero attached hydrogens (tertiary/aromatic N) is 2. The van der Waals surface area contributed by atoms with Gasteiger partial charge < -0.3 is 10.0 Å². The van der Waals surface area contributed by atoms with Crippen LogP contribution < -0.4 is 0 Å². The van der Waals surface area contributed by atoms with Gasteiger partial charge in [0.15, 0.2) is 0 Å². The second-order valence-corrected chi connectivity index (χ2v) is 8.85. The second-order valence-electron chi connectivity index (χ2n) is 8.85. The van der Waals surface area contributed by atoms with E-state index in [-0.39, 0.29) is 11.5 Å². The number of aliphatic hydroxyl groups is 1. The first kappa shape index (κ1) is 15.9. The Morgan fingerprint density at radius 2 is 1.57 bits per heavy atom. The van der Waals surface area contributed by atoms with Crippen LogP contribution in [0.5, 0.6) is 0 Å². The molecular weight excluding hydrogens is 288 g/mol. The Balaban J connectivity index is 1.37. The highest BCUT2D eigenvalue weighted by atomic mass is 16.3. The number of amides is 1. The number of aliphatic hydroxyl groups excluding tert-OH is 1. The standard InChI is InChI=1S/C19H32N2O2/c1-2-17(22)13-20-3-5-21(6-4-20)18(23)19-10-14-7-15(11-19)9-16(8-14)12-19/h14-17,22H,2-13H2,1H3. The number of carbonyl (C=O) groups excluding carboxylic acids is 1.